The number of hydrogen-bond donors (Lipinski definition) is 1. The normalized spacial score (nSPS) is 29.0. The molecule has 1 amide bonds. The quantitative estimate of drug-likeness (QED) is 0.556. The van der Waals surface area contributed by atoms with E-state index in [1.807, 2.05) is 12.2 Å². The van der Waals surface area contributed by atoms with Gasteiger partial charge in [0.25, 0.3) is 0 Å². The smallest absolute Gasteiger partial charge is 0.341 e. The second-order valence-electron chi connectivity index (χ2n) is 10.0. The van der Waals surface area contributed by atoms with E-state index in [9.17, 15) is 19.5 Å². The minimum atomic E-state index is -1.18. The van der Waals surface area contributed by atoms with Crippen molar-refractivity contribution < 1.29 is 24.2 Å². The van der Waals surface area contributed by atoms with E-state index in [4.69, 9.17) is 4.74 Å². The second-order valence-corrected chi connectivity index (χ2v) is 11.1. The SMILES string of the molecule is CCOC(=O)c1c(NC(=O)[C@@H]2[C@@H](C(=O)[O-])[C@H]3C=C[C@@H]2C3)sc2c1CC[C@@H](C(C)(C)C)C2. The molecule has 1 fully saturated rings. The first-order valence-corrected chi connectivity index (χ1v) is 11.9. The summed E-state index contributed by atoms with van der Waals surface area (Å²) in [5.41, 5.74) is 1.58. The standard InChI is InChI=1S/C24H31NO5S/c1-5-30-23(29)19-15-9-8-14(24(2,3)4)11-16(15)31-21(19)25-20(26)17-12-6-7-13(10-12)18(17)22(27)28/h6-7,12-14,17-18H,5,8-11H2,1-4H3,(H,25,26)(H,27,28)/p-1/t12-,13+,14-,17+,18+/m1/s1. The first-order valence-electron chi connectivity index (χ1n) is 11.1. The maximum absolute atomic E-state index is 13.2. The summed E-state index contributed by atoms with van der Waals surface area (Å²) in [6, 6.07) is 0. The summed E-state index contributed by atoms with van der Waals surface area (Å²) in [6.45, 7) is 8.71. The van der Waals surface area contributed by atoms with Crippen LogP contribution in [-0.2, 0) is 27.2 Å². The lowest BCUT2D eigenvalue weighted by Gasteiger charge is -2.33. The zero-order chi connectivity index (χ0) is 22.5. The van der Waals surface area contributed by atoms with Crippen molar-refractivity contribution in [3.05, 3.63) is 28.2 Å². The summed E-state index contributed by atoms with van der Waals surface area (Å²) in [7, 11) is 0. The number of esters is 1. The molecule has 3 aliphatic carbocycles. The lowest BCUT2D eigenvalue weighted by Crippen LogP contribution is -2.42. The Bertz CT molecular complexity index is 941. The molecule has 1 heterocycles. The molecule has 4 rings (SSSR count). The topological polar surface area (TPSA) is 95.5 Å². The first kappa shape index (κ1) is 22.1. The Labute approximate surface area is 187 Å². The molecule has 1 N–H and O–H groups in total. The third-order valence-electron chi connectivity index (χ3n) is 7.24. The van der Waals surface area contributed by atoms with Crippen molar-refractivity contribution in [3.63, 3.8) is 0 Å². The predicted octanol–water partition coefficient (Wildman–Crippen LogP) is 3.20. The van der Waals surface area contributed by atoms with Gasteiger partial charge in [0.05, 0.1) is 18.1 Å². The van der Waals surface area contributed by atoms with Crippen LogP contribution in [0.25, 0.3) is 0 Å². The Morgan fingerprint density at radius 3 is 2.48 bits per heavy atom. The number of carboxylic acids is 1. The van der Waals surface area contributed by atoms with Crippen molar-refractivity contribution in [2.75, 3.05) is 11.9 Å². The molecule has 0 radical (unpaired) electrons. The number of aliphatic carboxylic acids is 1. The van der Waals surface area contributed by atoms with E-state index in [1.54, 1.807) is 6.92 Å². The highest BCUT2D eigenvalue weighted by molar-refractivity contribution is 7.17. The summed E-state index contributed by atoms with van der Waals surface area (Å²) < 4.78 is 5.30. The monoisotopic (exact) mass is 444 g/mol. The minimum absolute atomic E-state index is 0.0983. The molecule has 1 aromatic rings. The minimum Gasteiger partial charge on any atom is -0.550 e. The highest BCUT2D eigenvalue weighted by atomic mass is 32.1. The van der Waals surface area contributed by atoms with E-state index >= 15 is 0 Å². The highest BCUT2D eigenvalue weighted by Crippen LogP contribution is 2.49. The van der Waals surface area contributed by atoms with Crippen LogP contribution in [0.2, 0.25) is 0 Å². The number of anilines is 1. The number of amides is 1. The van der Waals surface area contributed by atoms with Gasteiger partial charge >= 0.3 is 5.97 Å². The molecule has 0 unspecified atom stereocenters. The molecule has 2 bridgehead atoms. The van der Waals surface area contributed by atoms with Gasteiger partial charge < -0.3 is 20.0 Å². The van der Waals surface area contributed by atoms with Gasteiger partial charge in [0.1, 0.15) is 5.00 Å². The molecule has 168 valence electrons. The van der Waals surface area contributed by atoms with Crippen molar-refractivity contribution in [1.82, 2.24) is 0 Å². The molecule has 31 heavy (non-hydrogen) atoms. The fourth-order valence-electron chi connectivity index (χ4n) is 5.53. The van der Waals surface area contributed by atoms with E-state index in [0.29, 0.717) is 22.9 Å². The van der Waals surface area contributed by atoms with Crippen LogP contribution in [0.4, 0.5) is 5.00 Å². The summed E-state index contributed by atoms with van der Waals surface area (Å²) in [6.07, 6.45) is 7.11. The third kappa shape index (κ3) is 3.93. The number of fused-ring (bicyclic) bond motifs is 3. The van der Waals surface area contributed by atoms with Gasteiger partial charge in [-0.3, -0.25) is 4.79 Å². The lowest BCUT2D eigenvalue weighted by molar-refractivity contribution is -0.313. The number of carboxylic acid groups (broad SMARTS) is 1. The van der Waals surface area contributed by atoms with E-state index in [2.05, 4.69) is 26.1 Å². The van der Waals surface area contributed by atoms with Gasteiger partial charge in [-0.2, -0.15) is 0 Å². The summed E-state index contributed by atoms with van der Waals surface area (Å²) in [5, 5.41) is 15.1. The number of allylic oxidation sites excluding steroid dienone is 2. The third-order valence-corrected chi connectivity index (χ3v) is 8.41. The van der Waals surface area contributed by atoms with Gasteiger partial charge in [0.2, 0.25) is 5.91 Å². The van der Waals surface area contributed by atoms with Gasteiger partial charge in [0, 0.05) is 16.8 Å². The molecule has 7 heteroatoms. The van der Waals surface area contributed by atoms with Crippen LogP contribution in [-0.4, -0.2) is 24.5 Å². The maximum atomic E-state index is 13.2. The van der Waals surface area contributed by atoms with E-state index in [-0.39, 0.29) is 29.8 Å². The van der Waals surface area contributed by atoms with Gasteiger partial charge in [-0.05, 0) is 61.3 Å². The van der Waals surface area contributed by atoms with Crippen LogP contribution >= 0.6 is 11.3 Å². The summed E-state index contributed by atoms with van der Waals surface area (Å²) in [4.78, 5) is 38.8. The Kier molecular flexibility index (Phi) is 5.75. The van der Waals surface area contributed by atoms with Gasteiger partial charge in [0.15, 0.2) is 0 Å². The van der Waals surface area contributed by atoms with Crippen LogP contribution < -0.4 is 10.4 Å². The number of ether oxygens (including phenoxy) is 1. The fourth-order valence-corrected chi connectivity index (χ4v) is 6.85. The number of carbonyl (C=O) groups excluding carboxylic acids is 3. The largest absolute Gasteiger partial charge is 0.550 e. The van der Waals surface area contributed by atoms with E-state index in [0.717, 1.165) is 29.7 Å². The van der Waals surface area contributed by atoms with Crippen LogP contribution in [0, 0.1) is 35.0 Å². The molecule has 3 aliphatic rings. The second kappa shape index (κ2) is 8.08. The zero-order valence-corrected chi connectivity index (χ0v) is 19.3. The molecule has 0 spiro atoms. The van der Waals surface area contributed by atoms with Crippen molar-refractivity contribution in [1.29, 1.82) is 0 Å². The van der Waals surface area contributed by atoms with Crippen molar-refractivity contribution in [3.8, 4) is 0 Å². The van der Waals surface area contributed by atoms with Crippen molar-refractivity contribution in [2.45, 2.75) is 53.4 Å². The Hall–Kier alpha value is -2.15. The molecule has 0 aromatic carbocycles. The number of carbonyl (C=O) groups is 3. The number of rotatable bonds is 5. The Balaban J connectivity index is 1.64. The summed E-state index contributed by atoms with van der Waals surface area (Å²) >= 11 is 1.44. The maximum Gasteiger partial charge on any atom is 0.341 e. The fraction of sp³-hybridized carbons (Fsp3) is 0.625. The zero-order valence-electron chi connectivity index (χ0n) is 18.5. The van der Waals surface area contributed by atoms with Gasteiger partial charge in [-0.25, -0.2) is 4.79 Å². The predicted molar refractivity (Wildman–Crippen MR) is 117 cm³/mol. The van der Waals surface area contributed by atoms with Crippen LogP contribution in [0.3, 0.4) is 0 Å². The molecule has 1 aromatic heterocycles. The average Bonchev–Trinajstić information content (AvgIpc) is 3.38. The van der Waals surface area contributed by atoms with Crippen LogP contribution in [0.5, 0.6) is 0 Å². The van der Waals surface area contributed by atoms with Gasteiger partial charge in [-0.15, -0.1) is 11.3 Å². The van der Waals surface area contributed by atoms with Crippen molar-refractivity contribution >= 4 is 34.2 Å². The molecular weight excluding hydrogens is 414 g/mol. The summed E-state index contributed by atoms with van der Waals surface area (Å²) in [5.74, 6) is -3.19. The molecule has 0 aliphatic heterocycles. The highest BCUT2D eigenvalue weighted by Gasteiger charge is 2.49. The van der Waals surface area contributed by atoms with Crippen LogP contribution in [0.1, 0.15) is 61.3 Å². The molecule has 6 nitrogen and oxygen atoms in total. The Morgan fingerprint density at radius 1 is 1.19 bits per heavy atom. The Morgan fingerprint density at radius 2 is 1.87 bits per heavy atom. The van der Waals surface area contributed by atoms with E-state index < -0.39 is 23.8 Å². The first-order chi connectivity index (χ1) is 14.6. The molecular formula is C24H30NO5S-. The molecule has 1 saturated carbocycles. The number of nitrogens with one attached hydrogen (secondary N) is 1. The number of thiophene rings is 1. The molecule has 5 atom stereocenters. The van der Waals surface area contributed by atoms with Crippen LogP contribution in [0.15, 0.2) is 12.2 Å². The van der Waals surface area contributed by atoms with E-state index in [1.165, 1.54) is 11.3 Å². The lowest BCUT2D eigenvalue weighted by atomic mass is 9.72. The van der Waals surface area contributed by atoms with Crippen molar-refractivity contribution in [2.24, 2.45) is 35.0 Å². The number of hydrogen-bond acceptors (Lipinski definition) is 6. The van der Waals surface area contributed by atoms with Gasteiger partial charge in [-0.1, -0.05) is 32.9 Å². The molecule has 0 saturated heterocycles. The average molecular weight is 445 g/mol.